The molecule has 2 heteroatoms. The molecule has 0 heterocycles. The quantitative estimate of drug-likeness (QED) is 0.193. The average molecular weight is 569 g/mol. The lowest BCUT2D eigenvalue weighted by atomic mass is 9.70. The second-order valence-corrected chi connectivity index (χ2v) is 13.1. The zero-order valence-corrected chi connectivity index (χ0v) is 26.0. The summed E-state index contributed by atoms with van der Waals surface area (Å²) in [7, 11) is 0. The van der Waals surface area contributed by atoms with E-state index in [2.05, 4.69) is 124 Å². The smallest absolute Gasteiger partial charge is 0.0991 e. The zero-order chi connectivity index (χ0) is 30.2. The summed E-state index contributed by atoms with van der Waals surface area (Å²) in [4.78, 5) is 2.41. The molecule has 214 valence electrons. The number of nitrogens with zero attached hydrogens (tertiary/aromatic N) is 2. The maximum absolute atomic E-state index is 9.58. The Morgan fingerprint density at radius 3 is 2.14 bits per heavy atom. The minimum absolute atomic E-state index is 0.112. The van der Waals surface area contributed by atoms with Crippen LogP contribution < -0.4 is 4.90 Å². The Morgan fingerprint density at radius 1 is 0.682 bits per heavy atom. The second-order valence-electron chi connectivity index (χ2n) is 13.1. The predicted molar refractivity (Wildman–Crippen MR) is 187 cm³/mol. The number of anilines is 3. The first-order valence-corrected chi connectivity index (χ1v) is 16.0. The van der Waals surface area contributed by atoms with Crippen LogP contribution in [0.15, 0.2) is 97.1 Å². The highest BCUT2D eigenvalue weighted by Crippen LogP contribution is 2.52. The van der Waals surface area contributed by atoms with Crippen molar-refractivity contribution in [2.24, 2.45) is 0 Å². The Morgan fingerprint density at radius 2 is 1.39 bits per heavy atom. The molecule has 0 saturated heterocycles. The third-order valence-corrected chi connectivity index (χ3v) is 10.2. The van der Waals surface area contributed by atoms with E-state index < -0.39 is 0 Å². The summed E-state index contributed by atoms with van der Waals surface area (Å²) in [6.07, 6.45) is 4.23. The molecule has 2 nitrogen and oxygen atoms in total. The monoisotopic (exact) mass is 568 g/mol. The van der Waals surface area contributed by atoms with Crippen molar-refractivity contribution in [2.45, 2.75) is 58.8 Å². The summed E-state index contributed by atoms with van der Waals surface area (Å²) in [6.45, 7) is 9.44. The Balaban J connectivity index is 1.53. The van der Waals surface area contributed by atoms with Crippen molar-refractivity contribution in [3.63, 3.8) is 0 Å². The van der Waals surface area contributed by atoms with E-state index in [0.29, 0.717) is 5.56 Å². The molecule has 0 aliphatic heterocycles. The van der Waals surface area contributed by atoms with Crippen LogP contribution in [0.3, 0.4) is 0 Å². The van der Waals surface area contributed by atoms with Crippen molar-refractivity contribution in [2.75, 3.05) is 4.90 Å². The van der Waals surface area contributed by atoms with E-state index in [1.807, 2.05) is 12.1 Å². The van der Waals surface area contributed by atoms with Gasteiger partial charge in [-0.2, -0.15) is 5.26 Å². The fourth-order valence-corrected chi connectivity index (χ4v) is 7.82. The first kappa shape index (κ1) is 26.7. The van der Waals surface area contributed by atoms with Crippen LogP contribution in [0.25, 0.3) is 43.1 Å². The molecule has 0 amide bonds. The molecule has 8 rings (SSSR count). The van der Waals surface area contributed by atoms with E-state index in [4.69, 9.17) is 0 Å². The number of rotatable bonds is 5. The third-order valence-electron chi connectivity index (χ3n) is 10.2. The lowest BCUT2D eigenvalue weighted by Gasteiger charge is -2.36. The van der Waals surface area contributed by atoms with Gasteiger partial charge in [0.25, 0.3) is 0 Å². The minimum Gasteiger partial charge on any atom is -0.310 e. The highest BCUT2D eigenvalue weighted by atomic mass is 15.1. The average Bonchev–Trinajstić information content (AvgIpc) is 3.06. The van der Waals surface area contributed by atoms with Gasteiger partial charge >= 0.3 is 0 Å². The Bertz CT molecular complexity index is 2280. The van der Waals surface area contributed by atoms with Gasteiger partial charge in [-0.05, 0) is 134 Å². The number of hydrogen-bond donors (Lipinski definition) is 0. The fourth-order valence-electron chi connectivity index (χ4n) is 7.82. The maximum Gasteiger partial charge on any atom is 0.0991 e. The second kappa shape index (κ2) is 9.83. The van der Waals surface area contributed by atoms with E-state index in [1.54, 1.807) is 0 Å². The third kappa shape index (κ3) is 3.85. The topological polar surface area (TPSA) is 27.0 Å². The molecule has 0 bridgehead atoms. The van der Waals surface area contributed by atoms with E-state index in [9.17, 15) is 5.26 Å². The molecule has 0 aromatic heterocycles. The van der Waals surface area contributed by atoms with Gasteiger partial charge in [0.15, 0.2) is 0 Å². The molecule has 0 spiro atoms. The molecule has 0 fully saturated rings. The van der Waals surface area contributed by atoms with E-state index in [-0.39, 0.29) is 5.41 Å². The number of hydrogen-bond acceptors (Lipinski definition) is 2. The first-order chi connectivity index (χ1) is 21.4. The lowest BCUT2D eigenvalue weighted by Crippen LogP contribution is -2.23. The molecule has 1 aliphatic rings. The van der Waals surface area contributed by atoms with Crippen molar-refractivity contribution in [1.29, 1.82) is 5.26 Å². The molecule has 0 N–H and O–H groups in total. The van der Waals surface area contributed by atoms with Gasteiger partial charge in [-0.3, -0.25) is 0 Å². The van der Waals surface area contributed by atoms with Gasteiger partial charge in [-0.25, -0.2) is 0 Å². The SMILES string of the molecule is CCc1cc(CC)c2cc3c4c(cc(N(c5ccc(C#N)cc5)c5ccc6ccccc6c5)c5ccc1c2c54)CCC3(C)C. The first-order valence-electron chi connectivity index (χ1n) is 16.0. The molecular weight excluding hydrogens is 532 g/mol. The van der Waals surface area contributed by atoms with Crippen molar-refractivity contribution >= 4 is 60.2 Å². The van der Waals surface area contributed by atoms with Crippen LogP contribution in [-0.2, 0) is 24.7 Å². The summed E-state index contributed by atoms with van der Waals surface area (Å²) in [5.41, 5.74) is 9.98. The number of nitriles is 1. The van der Waals surface area contributed by atoms with Crippen LogP contribution in [-0.4, -0.2) is 0 Å². The number of fused-ring (bicyclic) bond motifs is 1. The standard InChI is InChI=1S/C42H36N2/c1-5-27-21-28(6-2)36-24-37-39-31(19-20-42(37,3)4)23-38(35-18-17-34(27)40(36)41(35)39)44(32-14-11-26(25-43)12-15-32)33-16-13-29-9-7-8-10-30(29)22-33/h7-18,21-24H,5-6,19-20H2,1-4H3. The van der Waals surface area contributed by atoms with Crippen molar-refractivity contribution in [3.8, 4) is 6.07 Å². The molecular formula is C42H36N2. The minimum atomic E-state index is 0.112. The maximum atomic E-state index is 9.58. The van der Waals surface area contributed by atoms with Crippen LogP contribution in [0, 0.1) is 11.3 Å². The fraction of sp³-hybridized carbons (Fsp3) is 0.214. The van der Waals surface area contributed by atoms with Gasteiger partial charge in [0, 0.05) is 22.1 Å². The van der Waals surface area contributed by atoms with Crippen LogP contribution >= 0.6 is 0 Å². The van der Waals surface area contributed by atoms with Crippen molar-refractivity contribution < 1.29 is 0 Å². The van der Waals surface area contributed by atoms with E-state index in [0.717, 1.165) is 37.1 Å². The van der Waals surface area contributed by atoms with E-state index >= 15 is 0 Å². The van der Waals surface area contributed by atoms with Gasteiger partial charge in [0.05, 0.1) is 17.3 Å². The van der Waals surface area contributed by atoms with Gasteiger partial charge < -0.3 is 4.90 Å². The molecule has 0 radical (unpaired) electrons. The summed E-state index contributed by atoms with van der Waals surface area (Å²) >= 11 is 0. The number of benzene rings is 7. The molecule has 0 saturated carbocycles. The highest BCUT2D eigenvalue weighted by molar-refractivity contribution is 6.28. The summed E-state index contributed by atoms with van der Waals surface area (Å²) < 4.78 is 0. The largest absolute Gasteiger partial charge is 0.310 e. The van der Waals surface area contributed by atoms with Crippen LogP contribution in [0.5, 0.6) is 0 Å². The Hall–Kier alpha value is -4.87. The van der Waals surface area contributed by atoms with Crippen LogP contribution in [0.1, 0.15) is 61.9 Å². The molecule has 7 aromatic carbocycles. The summed E-state index contributed by atoms with van der Waals surface area (Å²) in [5.74, 6) is 0. The lowest BCUT2D eigenvalue weighted by molar-refractivity contribution is 0.475. The molecule has 0 atom stereocenters. The normalized spacial score (nSPS) is 14.1. The van der Waals surface area contributed by atoms with Crippen LogP contribution in [0.2, 0.25) is 0 Å². The molecule has 44 heavy (non-hydrogen) atoms. The van der Waals surface area contributed by atoms with Gasteiger partial charge in [0.2, 0.25) is 0 Å². The number of aryl methyl sites for hydroxylation is 3. The Kier molecular flexibility index (Phi) is 5.97. The van der Waals surface area contributed by atoms with Gasteiger partial charge in [-0.1, -0.05) is 76.2 Å². The van der Waals surface area contributed by atoms with Crippen molar-refractivity contribution in [3.05, 3.63) is 125 Å². The van der Waals surface area contributed by atoms with Crippen LogP contribution in [0.4, 0.5) is 17.1 Å². The molecule has 0 unspecified atom stereocenters. The van der Waals surface area contributed by atoms with Crippen molar-refractivity contribution in [1.82, 2.24) is 0 Å². The summed E-state index contributed by atoms with van der Waals surface area (Å²) in [6, 6.07) is 37.9. The van der Waals surface area contributed by atoms with Gasteiger partial charge in [-0.15, -0.1) is 0 Å². The Labute approximate surface area is 259 Å². The zero-order valence-electron chi connectivity index (χ0n) is 26.0. The van der Waals surface area contributed by atoms with Gasteiger partial charge in [0.1, 0.15) is 0 Å². The molecule has 1 aliphatic carbocycles. The molecule has 7 aromatic rings. The summed E-state index contributed by atoms with van der Waals surface area (Å²) in [5, 5.41) is 20.4. The van der Waals surface area contributed by atoms with E-state index in [1.165, 1.54) is 71.0 Å². The highest BCUT2D eigenvalue weighted by Gasteiger charge is 2.32. The predicted octanol–water partition coefficient (Wildman–Crippen LogP) is 11.4.